The van der Waals surface area contributed by atoms with Gasteiger partial charge in [-0.05, 0) is 36.4 Å². The molecule has 2 rings (SSSR count). The van der Waals surface area contributed by atoms with Crippen LogP contribution in [0.15, 0.2) is 47.4 Å². The third-order valence-electron chi connectivity index (χ3n) is 3.58. The van der Waals surface area contributed by atoms with Gasteiger partial charge >= 0.3 is 0 Å². The van der Waals surface area contributed by atoms with Gasteiger partial charge in [0.1, 0.15) is 5.82 Å². The Kier molecular flexibility index (Phi) is 6.37. The molecule has 0 unspecified atom stereocenters. The second kappa shape index (κ2) is 8.32. The molecule has 2 aromatic carbocycles. The molecular formula is C18H16ClFN2O3S. The molecule has 1 amide bonds. The maximum atomic E-state index is 13.9. The highest BCUT2D eigenvalue weighted by atomic mass is 35.5. The first-order valence-corrected chi connectivity index (χ1v) is 9.34. The lowest BCUT2D eigenvalue weighted by Crippen LogP contribution is -2.27. The van der Waals surface area contributed by atoms with Crippen LogP contribution in [-0.2, 0) is 16.6 Å². The Balaban J connectivity index is 2.16. The summed E-state index contributed by atoms with van der Waals surface area (Å²) in [4.78, 5) is 13.8. The van der Waals surface area contributed by atoms with E-state index >= 15 is 0 Å². The van der Waals surface area contributed by atoms with Crippen LogP contribution >= 0.6 is 11.6 Å². The van der Waals surface area contributed by atoms with Crippen LogP contribution in [0.4, 0.5) is 4.39 Å². The molecule has 0 aliphatic carbocycles. The molecule has 0 radical (unpaired) electrons. The summed E-state index contributed by atoms with van der Waals surface area (Å²) in [6, 6.07) is 9.66. The summed E-state index contributed by atoms with van der Waals surface area (Å²) in [6.07, 6.45) is 5.03. The molecular weight excluding hydrogens is 379 g/mol. The van der Waals surface area contributed by atoms with Crippen LogP contribution in [0, 0.1) is 18.2 Å². The van der Waals surface area contributed by atoms with Gasteiger partial charge in [-0.2, -0.15) is 4.72 Å². The Morgan fingerprint density at radius 2 is 1.92 bits per heavy atom. The van der Waals surface area contributed by atoms with Crippen LogP contribution in [0.2, 0.25) is 5.02 Å². The molecule has 136 valence electrons. The molecule has 2 aromatic rings. The zero-order chi connectivity index (χ0) is 19.3. The molecule has 0 heterocycles. The fraction of sp³-hybridized carbons (Fsp3) is 0.167. The van der Waals surface area contributed by atoms with E-state index in [9.17, 15) is 17.6 Å². The number of hydrogen-bond acceptors (Lipinski definition) is 3. The molecule has 0 aromatic heterocycles. The molecule has 26 heavy (non-hydrogen) atoms. The van der Waals surface area contributed by atoms with Crippen LogP contribution in [-0.4, -0.2) is 32.8 Å². The number of nitrogens with zero attached hydrogens (tertiary/aromatic N) is 1. The molecule has 0 atom stereocenters. The highest BCUT2D eigenvalue weighted by Gasteiger charge is 2.18. The topological polar surface area (TPSA) is 66.5 Å². The molecule has 5 nitrogen and oxygen atoms in total. The summed E-state index contributed by atoms with van der Waals surface area (Å²) in [6.45, 7) is -0.150. The first kappa shape index (κ1) is 19.9. The number of rotatable bonds is 6. The third-order valence-corrected chi connectivity index (χ3v) is 5.35. The Morgan fingerprint density at radius 1 is 1.27 bits per heavy atom. The number of terminal acetylenes is 1. The summed E-state index contributed by atoms with van der Waals surface area (Å²) in [5.74, 6) is 1.28. The molecule has 0 fully saturated rings. The van der Waals surface area contributed by atoms with Crippen molar-refractivity contribution < 1.29 is 17.6 Å². The van der Waals surface area contributed by atoms with Gasteiger partial charge in [-0.1, -0.05) is 23.6 Å². The number of carbonyl (C=O) groups is 1. The summed E-state index contributed by atoms with van der Waals surface area (Å²) in [5, 5.41) is 0.227. The predicted molar refractivity (Wildman–Crippen MR) is 97.7 cm³/mol. The number of carbonyl (C=O) groups excluding carboxylic acids is 1. The van der Waals surface area contributed by atoms with Gasteiger partial charge in [0.05, 0.1) is 11.4 Å². The number of benzene rings is 2. The lowest BCUT2D eigenvalue weighted by Gasteiger charge is -2.18. The SMILES string of the molecule is C#CCNS(=O)(=O)c1ccc(C(=O)N(C)Cc2c(F)cccc2Cl)cc1. The van der Waals surface area contributed by atoms with Gasteiger partial charge in [0, 0.05) is 29.7 Å². The number of sulfonamides is 1. The van der Waals surface area contributed by atoms with Gasteiger partial charge in [-0.25, -0.2) is 12.8 Å². The maximum absolute atomic E-state index is 13.9. The minimum atomic E-state index is -3.73. The van der Waals surface area contributed by atoms with Crippen molar-refractivity contribution in [2.24, 2.45) is 0 Å². The minimum absolute atomic E-state index is 0.0101. The first-order chi connectivity index (χ1) is 12.3. The largest absolute Gasteiger partial charge is 0.337 e. The van der Waals surface area contributed by atoms with E-state index in [0.29, 0.717) is 0 Å². The molecule has 0 aliphatic heterocycles. The Hall–Kier alpha value is -2.40. The van der Waals surface area contributed by atoms with E-state index in [2.05, 4.69) is 10.6 Å². The van der Waals surface area contributed by atoms with E-state index in [1.165, 1.54) is 48.3 Å². The van der Waals surface area contributed by atoms with E-state index in [1.54, 1.807) is 6.07 Å². The van der Waals surface area contributed by atoms with Crippen molar-refractivity contribution in [3.63, 3.8) is 0 Å². The van der Waals surface area contributed by atoms with E-state index < -0.39 is 21.7 Å². The predicted octanol–water partition coefficient (Wildman–Crippen LogP) is 2.66. The highest BCUT2D eigenvalue weighted by molar-refractivity contribution is 7.89. The molecule has 8 heteroatoms. The van der Waals surface area contributed by atoms with E-state index in [-0.39, 0.29) is 34.1 Å². The van der Waals surface area contributed by atoms with Gasteiger partial charge in [0.25, 0.3) is 5.91 Å². The van der Waals surface area contributed by atoms with Crippen molar-refractivity contribution in [1.29, 1.82) is 0 Å². The smallest absolute Gasteiger partial charge is 0.253 e. The number of halogens is 2. The van der Waals surface area contributed by atoms with Crippen molar-refractivity contribution in [3.8, 4) is 12.3 Å². The van der Waals surface area contributed by atoms with E-state index in [1.807, 2.05) is 0 Å². The summed E-state index contributed by atoms with van der Waals surface area (Å²) in [5.41, 5.74) is 0.471. The standard InChI is InChI=1S/C18H16ClFN2O3S/c1-3-11-21-26(24,25)14-9-7-13(8-10-14)18(23)22(2)12-15-16(19)5-4-6-17(15)20/h1,4-10,21H,11-12H2,2H3. The summed E-state index contributed by atoms with van der Waals surface area (Å²) >= 11 is 5.97. The number of hydrogen-bond donors (Lipinski definition) is 1. The Labute approximate surface area is 156 Å². The average molecular weight is 395 g/mol. The van der Waals surface area contributed by atoms with Crippen LogP contribution < -0.4 is 4.72 Å². The highest BCUT2D eigenvalue weighted by Crippen LogP contribution is 2.21. The molecule has 0 aliphatic rings. The van der Waals surface area contributed by atoms with Gasteiger partial charge in [0.2, 0.25) is 10.0 Å². The summed E-state index contributed by atoms with van der Waals surface area (Å²) < 4.78 is 40.0. The third kappa shape index (κ3) is 4.61. The summed E-state index contributed by atoms with van der Waals surface area (Å²) in [7, 11) is -2.23. The van der Waals surface area contributed by atoms with Crippen molar-refractivity contribution >= 4 is 27.5 Å². The van der Waals surface area contributed by atoms with Gasteiger partial charge in [-0.3, -0.25) is 4.79 Å². The zero-order valence-electron chi connectivity index (χ0n) is 13.9. The number of amides is 1. The quantitative estimate of drug-likeness (QED) is 0.766. The number of nitrogens with one attached hydrogen (secondary N) is 1. The second-order valence-corrected chi connectivity index (χ2v) is 7.59. The second-order valence-electron chi connectivity index (χ2n) is 5.41. The average Bonchev–Trinajstić information content (AvgIpc) is 2.62. The first-order valence-electron chi connectivity index (χ1n) is 7.48. The fourth-order valence-electron chi connectivity index (χ4n) is 2.21. The minimum Gasteiger partial charge on any atom is -0.337 e. The van der Waals surface area contributed by atoms with Crippen LogP contribution in [0.5, 0.6) is 0 Å². The van der Waals surface area contributed by atoms with Crippen molar-refractivity contribution in [3.05, 3.63) is 64.4 Å². The molecule has 1 N–H and O–H groups in total. The van der Waals surface area contributed by atoms with Gasteiger partial charge < -0.3 is 4.90 Å². The zero-order valence-corrected chi connectivity index (χ0v) is 15.4. The van der Waals surface area contributed by atoms with Crippen LogP contribution in [0.25, 0.3) is 0 Å². The molecule has 0 saturated heterocycles. The normalized spacial score (nSPS) is 11.0. The monoisotopic (exact) mass is 394 g/mol. The van der Waals surface area contributed by atoms with Crippen molar-refractivity contribution in [2.75, 3.05) is 13.6 Å². The molecule has 0 bridgehead atoms. The maximum Gasteiger partial charge on any atom is 0.253 e. The molecule has 0 saturated carbocycles. The van der Waals surface area contributed by atoms with E-state index in [0.717, 1.165) is 0 Å². The molecule has 0 spiro atoms. The lowest BCUT2D eigenvalue weighted by molar-refractivity contribution is 0.0784. The van der Waals surface area contributed by atoms with Crippen molar-refractivity contribution in [2.45, 2.75) is 11.4 Å². The van der Waals surface area contributed by atoms with Crippen LogP contribution in [0.1, 0.15) is 15.9 Å². The van der Waals surface area contributed by atoms with Gasteiger partial charge in [0.15, 0.2) is 0 Å². The van der Waals surface area contributed by atoms with E-state index in [4.69, 9.17) is 18.0 Å². The van der Waals surface area contributed by atoms with Crippen molar-refractivity contribution in [1.82, 2.24) is 9.62 Å². The van der Waals surface area contributed by atoms with Crippen LogP contribution in [0.3, 0.4) is 0 Å². The fourth-order valence-corrected chi connectivity index (χ4v) is 3.37. The Morgan fingerprint density at radius 3 is 2.50 bits per heavy atom. The lowest BCUT2D eigenvalue weighted by atomic mass is 10.1. The van der Waals surface area contributed by atoms with Gasteiger partial charge in [-0.15, -0.1) is 6.42 Å². The Bertz CT molecular complexity index is 933.